The maximum Gasteiger partial charge on any atom is 0.0927 e. The van der Waals surface area contributed by atoms with Crippen LogP contribution in [0.25, 0.3) is 49.8 Å². The van der Waals surface area contributed by atoms with Gasteiger partial charge in [0, 0.05) is 40.4 Å². The van der Waals surface area contributed by atoms with Crippen molar-refractivity contribution in [3.8, 4) is 17.1 Å². The predicted molar refractivity (Wildman–Crippen MR) is 133 cm³/mol. The van der Waals surface area contributed by atoms with Gasteiger partial charge in [0.1, 0.15) is 0 Å². The molecule has 0 saturated carbocycles. The summed E-state index contributed by atoms with van der Waals surface area (Å²) >= 11 is 0. The highest BCUT2D eigenvalue weighted by molar-refractivity contribution is 6.09. The van der Waals surface area contributed by atoms with E-state index in [1.807, 2.05) is 39.8 Å². The van der Waals surface area contributed by atoms with Gasteiger partial charge in [-0.3, -0.25) is 0 Å². The van der Waals surface area contributed by atoms with E-state index in [4.69, 9.17) is 5.10 Å². The molecular weight excluding hydrogens is 406 g/mol. The van der Waals surface area contributed by atoms with Gasteiger partial charge in [0.05, 0.1) is 27.9 Å². The van der Waals surface area contributed by atoms with Crippen LogP contribution in [0.1, 0.15) is 0 Å². The molecule has 7 aromatic rings. The Morgan fingerprint density at radius 1 is 0.576 bits per heavy atom. The first-order chi connectivity index (χ1) is 16.3. The van der Waals surface area contributed by atoms with E-state index in [0.717, 1.165) is 33.5 Å². The summed E-state index contributed by atoms with van der Waals surface area (Å²) in [5.74, 6) is 0. The number of nitrogens with zero attached hydrogens (tertiary/aromatic N) is 5. The third kappa shape index (κ3) is 2.79. The Hall–Kier alpha value is -4.64. The van der Waals surface area contributed by atoms with Gasteiger partial charge in [-0.2, -0.15) is 10.2 Å². The first kappa shape index (κ1) is 18.0. The van der Waals surface area contributed by atoms with Crippen LogP contribution in [0.2, 0.25) is 0 Å². The molecule has 0 bridgehead atoms. The molecule has 0 spiro atoms. The fourth-order valence-electron chi connectivity index (χ4n) is 4.67. The lowest BCUT2D eigenvalue weighted by molar-refractivity contribution is 0.881. The number of para-hydroxylation sites is 1. The van der Waals surface area contributed by atoms with Gasteiger partial charge >= 0.3 is 0 Å². The summed E-state index contributed by atoms with van der Waals surface area (Å²) in [5.41, 5.74) is 6.46. The topological polar surface area (TPSA) is 40.6 Å². The molecule has 5 heteroatoms. The number of benzene rings is 4. The molecule has 0 atom stereocenters. The smallest absolute Gasteiger partial charge is 0.0927 e. The van der Waals surface area contributed by atoms with E-state index >= 15 is 0 Å². The van der Waals surface area contributed by atoms with Gasteiger partial charge in [-0.05, 0) is 48.5 Å². The molecule has 33 heavy (non-hydrogen) atoms. The second-order valence-electron chi connectivity index (χ2n) is 8.16. The van der Waals surface area contributed by atoms with Crippen LogP contribution in [0.5, 0.6) is 0 Å². The summed E-state index contributed by atoms with van der Waals surface area (Å²) < 4.78 is 6.18. The summed E-state index contributed by atoms with van der Waals surface area (Å²) in [6.07, 6.45) is 5.85. The molecule has 3 heterocycles. The molecule has 0 radical (unpaired) electrons. The van der Waals surface area contributed by atoms with Gasteiger partial charge in [0.25, 0.3) is 0 Å². The van der Waals surface area contributed by atoms with Crippen molar-refractivity contribution < 1.29 is 0 Å². The monoisotopic (exact) mass is 425 g/mol. The zero-order valence-corrected chi connectivity index (χ0v) is 17.7. The predicted octanol–water partition coefficient (Wildman–Crippen LogP) is 6.31. The number of fused-ring (bicyclic) bond motifs is 4. The SMILES string of the molecule is c1cc(-n2cc3ccccc3n2)cc(-n2c3ccccc3c3ccc(-n4cccn4)cc32)c1. The first-order valence-electron chi connectivity index (χ1n) is 10.9. The highest BCUT2D eigenvalue weighted by Crippen LogP contribution is 2.33. The fourth-order valence-corrected chi connectivity index (χ4v) is 4.67. The van der Waals surface area contributed by atoms with Crippen molar-refractivity contribution in [1.29, 1.82) is 0 Å². The molecule has 0 unspecified atom stereocenters. The van der Waals surface area contributed by atoms with E-state index in [1.54, 1.807) is 6.20 Å². The normalized spacial score (nSPS) is 11.6. The lowest BCUT2D eigenvalue weighted by Gasteiger charge is -2.11. The number of aromatic nitrogens is 5. The van der Waals surface area contributed by atoms with Crippen molar-refractivity contribution in [2.24, 2.45) is 0 Å². The minimum absolute atomic E-state index is 0.989. The molecule has 7 rings (SSSR count). The minimum Gasteiger partial charge on any atom is -0.309 e. The van der Waals surface area contributed by atoms with E-state index in [2.05, 4.69) is 88.7 Å². The Kier molecular flexibility index (Phi) is 3.78. The highest BCUT2D eigenvalue weighted by Gasteiger charge is 2.14. The second kappa shape index (κ2) is 6.93. The summed E-state index contributed by atoms with van der Waals surface area (Å²) in [6.45, 7) is 0. The standard InChI is InChI=1S/C28H19N5/c1-3-11-26-20(7-1)19-32(30-26)21-8-5-9-23(17-21)33-27-12-4-2-10-24(27)25-14-13-22(18-28(25)33)31-16-6-15-29-31/h1-19H. The number of hydrogen-bond acceptors (Lipinski definition) is 2. The molecule has 156 valence electrons. The summed E-state index contributed by atoms with van der Waals surface area (Å²) in [6, 6.07) is 33.7. The van der Waals surface area contributed by atoms with Crippen molar-refractivity contribution in [3.63, 3.8) is 0 Å². The van der Waals surface area contributed by atoms with Crippen molar-refractivity contribution in [1.82, 2.24) is 24.1 Å². The van der Waals surface area contributed by atoms with E-state index in [9.17, 15) is 0 Å². The van der Waals surface area contributed by atoms with Crippen molar-refractivity contribution in [3.05, 3.63) is 116 Å². The van der Waals surface area contributed by atoms with Gasteiger partial charge in [0.2, 0.25) is 0 Å². The fraction of sp³-hybridized carbons (Fsp3) is 0. The van der Waals surface area contributed by atoms with Gasteiger partial charge < -0.3 is 4.57 Å². The summed E-state index contributed by atoms with van der Waals surface area (Å²) in [4.78, 5) is 0. The Bertz CT molecular complexity index is 1740. The van der Waals surface area contributed by atoms with Gasteiger partial charge in [-0.25, -0.2) is 9.36 Å². The van der Waals surface area contributed by atoms with Crippen LogP contribution in [0.15, 0.2) is 116 Å². The minimum atomic E-state index is 0.989. The molecule has 0 N–H and O–H groups in total. The van der Waals surface area contributed by atoms with Crippen LogP contribution in [0, 0.1) is 0 Å². The van der Waals surface area contributed by atoms with E-state index in [0.29, 0.717) is 0 Å². The molecule has 0 aliphatic heterocycles. The quantitative estimate of drug-likeness (QED) is 0.333. The number of hydrogen-bond donors (Lipinski definition) is 0. The van der Waals surface area contributed by atoms with Crippen molar-refractivity contribution in [2.45, 2.75) is 0 Å². The summed E-state index contributed by atoms with van der Waals surface area (Å²) in [7, 11) is 0. The maximum atomic E-state index is 4.77. The zero-order valence-electron chi connectivity index (χ0n) is 17.7. The van der Waals surface area contributed by atoms with E-state index in [1.165, 1.54) is 16.3 Å². The molecule has 3 aromatic heterocycles. The Labute approximate surface area is 189 Å². The molecule has 4 aromatic carbocycles. The average Bonchev–Trinajstić information content (AvgIpc) is 3.61. The Morgan fingerprint density at radius 3 is 2.30 bits per heavy atom. The maximum absolute atomic E-state index is 4.77. The summed E-state index contributed by atoms with van der Waals surface area (Å²) in [5, 5.41) is 12.8. The average molecular weight is 425 g/mol. The molecule has 0 amide bonds. The van der Waals surface area contributed by atoms with Crippen LogP contribution in [0.4, 0.5) is 0 Å². The van der Waals surface area contributed by atoms with Crippen LogP contribution >= 0.6 is 0 Å². The highest BCUT2D eigenvalue weighted by atomic mass is 15.3. The third-order valence-corrected chi connectivity index (χ3v) is 6.19. The van der Waals surface area contributed by atoms with Crippen LogP contribution in [-0.2, 0) is 0 Å². The Balaban J connectivity index is 1.48. The third-order valence-electron chi connectivity index (χ3n) is 6.19. The van der Waals surface area contributed by atoms with E-state index in [-0.39, 0.29) is 0 Å². The second-order valence-corrected chi connectivity index (χ2v) is 8.16. The molecule has 5 nitrogen and oxygen atoms in total. The van der Waals surface area contributed by atoms with Crippen molar-refractivity contribution >= 4 is 32.7 Å². The van der Waals surface area contributed by atoms with Crippen molar-refractivity contribution in [2.75, 3.05) is 0 Å². The lowest BCUT2D eigenvalue weighted by Crippen LogP contribution is -1.99. The van der Waals surface area contributed by atoms with Gasteiger partial charge in [0.15, 0.2) is 0 Å². The Morgan fingerprint density at radius 2 is 1.39 bits per heavy atom. The molecule has 0 saturated heterocycles. The number of rotatable bonds is 3. The van der Waals surface area contributed by atoms with Crippen LogP contribution < -0.4 is 0 Å². The largest absolute Gasteiger partial charge is 0.309 e. The van der Waals surface area contributed by atoms with Gasteiger partial charge in [-0.15, -0.1) is 0 Å². The molecule has 0 aliphatic carbocycles. The van der Waals surface area contributed by atoms with E-state index < -0.39 is 0 Å². The van der Waals surface area contributed by atoms with Gasteiger partial charge in [-0.1, -0.05) is 48.5 Å². The lowest BCUT2D eigenvalue weighted by atomic mass is 10.1. The molecular formula is C28H19N5. The molecule has 0 fully saturated rings. The zero-order chi connectivity index (χ0) is 21.8. The van der Waals surface area contributed by atoms with Crippen LogP contribution in [0.3, 0.4) is 0 Å². The molecule has 0 aliphatic rings. The van der Waals surface area contributed by atoms with Crippen LogP contribution in [-0.4, -0.2) is 24.1 Å². The first-order valence-corrected chi connectivity index (χ1v) is 10.9.